The van der Waals surface area contributed by atoms with Crippen molar-refractivity contribution in [3.8, 4) is 5.75 Å². The molecule has 2 aromatic rings. The van der Waals surface area contributed by atoms with Gasteiger partial charge in [-0.15, -0.1) is 0 Å². The number of benzene rings is 2. The number of aromatic hydroxyl groups is 1. The summed E-state index contributed by atoms with van der Waals surface area (Å²) >= 11 is 0. The third-order valence-corrected chi connectivity index (χ3v) is 3.66. The Balaban J connectivity index is 2.80. The molecule has 0 aromatic heterocycles. The Kier molecular flexibility index (Phi) is 2.57. The fourth-order valence-corrected chi connectivity index (χ4v) is 2.29. The molecule has 0 bridgehead atoms. The first-order valence-corrected chi connectivity index (χ1v) is 5.98. The highest BCUT2D eigenvalue weighted by molar-refractivity contribution is 7.86. The lowest BCUT2D eigenvalue weighted by Crippen LogP contribution is -2.03. The van der Waals surface area contributed by atoms with Crippen LogP contribution >= 0.6 is 0 Å². The van der Waals surface area contributed by atoms with Crippen molar-refractivity contribution in [2.75, 3.05) is 7.11 Å². The predicted molar refractivity (Wildman–Crippen MR) is 59.8 cm³/mol. The average Bonchev–Trinajstić information content (AvgIpc) is 2.29. The maximum absolute atomic E-state index is 11.5. The number of rotatable bonds is 2. The lowest BCUT2D eigenvalue weighted by Gasteiger charge is -2.06. The van der Waals surface area contributed by atoms with Gasteiger partial charge in [0.25, 0.3) is 10.1 Å². The lowest BCUT2D eigenvalue weighted by molar-refractivity contribution is 0.390. The van der Waals surface area contributed by atoms with Crippen LogP contribution in [-0.2, 0) is 14.3 Å². The molecule has 0 aliphatic heterocycles. The summed E-state index contributed by atoms with van der Waals surface area (Å²) in [5.74, 6) is -0.278. The topological polar surface area (TPSA) is 63.6 Å². The molecule has 0 saturated heterocycles. The molecule has 0 heterocycles. The van der Waals surface area contributed by atoms with Crippen molar-refractivity contribution in [1.82, 2.24) is 0 Å². The third kappa shape index (κ3) is 1.64. The van der Waals surface area contributed by atoms with Crippen molar-refractivity contribution >= 4 is 20.9 Å². The Morgan fingerprint density at radius 2 is 1.81 bits per heavy atom. The minimum atomic E-state index is -3.87. The predicted octanol–water partition coefficient (Wildman–Crippen LogP) is 1.88. The van der Waals surface area contributed by atoms with Crippen LogP contribution in [0.5, 0.6) is 5.75 Å². The largest absolute Gasteiger partial charge is 0.506 e. The van der Waals surface area contributed by atoms with E-state index in [1.807, 2.05) is 6.07 Å². The fourth-order valence-electron chi connectivity index (χ4n) is 1.53. The van der Waals surface area contributed by atoms with Gasteiger partial charge in [-0.3, -0.25) is 4.18 Å². The van der Waals surface area contributed by atoms with E-state index in [2.05, 4.69) is 4.18 Å². The van der Waals surface area contributed by atoms with Gasteiger partial charge in [0.05, 0.1) is 7.11 Å². The second kappa shape index (κ2) is 3.77. The van der Waals surface area contributed by atoms with Crippen molar-refractivity contribution in [3.05, 3.63) is 36.4 Å². The van der Waals surface area contributed by atoms with Crippen LogP contribution in [-0.4, -0.2) is 20.6 Å². The maximum Gasteiger partial charge on any atom is 0.300 e. The summed E-state index contributed by atoms with van der Waals surface area (Å²) in [4.78, 5) is -0.214. The minimum absolute atomic E-state index is 0.214. The van der Waals surface area contributed by atoms with E-state index >= 15 is 0 Å². The van der Waals surface area contributed by atoms with Crippen LogP contribution in [0.15, 0.2) is 41.3 Å². The summed E-state index contributed by atoms with van der Waals surface area (Å²) in [7, 11) is -2.81. The number of phenolic OH excluding ortho intramolecular Hbond substituents is 1. The van der Waals surface area contributed by atoms with Crippen molar-refractivity contribution in [1.29, 1.82) is 0 Å². The zero-order chi connectivity index (χ0) is 11.8. The molecule has 0 spiro atoms. The Labute approximate surface area is 93.2 Å². The van der Waals surface area contributed by atoms with Crippen molar-refractivity contribution in [2.45, 2.75) is 4.90 Å². The van der Waals surface area contributed by atoms with Crippen LogP contribution in [0.4, 0.5) is 0 Å². The van der Waals surface area contributed by atoms with E-state index in [1.165, 1.54) is 6.07 Å². The summed E-state index contributed by atoms with van der Waals surface area (Å²) in [6.07, 6.45) is 0. The van der Waals surface area contributed by atoms with E-state index in [9.17, 15) is 13.5 Å². The number of hydrogen-bond acceptors (Lipinski definition) is 4. The van der Waals surface area contributed by atoms with Crippen LogP contribution in [0, 0.1) is 0 Å². The van der Waals surface area contributed by atoms with Crippen molar-refractivity contribution in [2.24, 2.45) is 0 Å². The van der Waals surface area contributed by atoms with Gasteiger partial charge in [0.1, 0.15) is 10.6 Å². The highest BCUT2D eigenvalue weighted by Crippen LogP contribution is 2.32. The standard InChI is InChI=1S/C11H10O4S/c1-15-16(13,14)10-7-6-8-4-2-3-5-9(8)11(10)12/h2-7,12H,1H3. The molecule has 16 heavy (non-hydrogen) atoms. The van der Waals surface area contributed by atoms with Gasteiger partial charge >= 0.3 is 0 Å². The Bertz CT molecular complexity index is 631. The summed E-state index contributed by atoms with van der Waals surface area (Å²) in [6, 6.07) is 9.94. The molecular formula is C11H10O4S. The fraction of sp³-hybridized carbons (Fsp3) is 0.0909. The first-order chi connectivity index (χ1) is 7.56. The molecule has 0 amide bonds. The molecule has 84 valence electrons. The monoisotopic (exact) mass is 238 g/mol. The highest BCUT2D eigenvalue weighted by atomic mass is 32.2. The van der Waals surface area contributed by atoms with Gasteiger partial charge in [0.2, 0.25) is 0 Å². The quantitative estimate of drug-likeness (QED) is 0.811. The molecule has 0 aliphatic rings. The van der Waals surface area contributed by atoms with Gasteiger partial charge < -0.3 is 5.11 Å². The van der Waals surface area contributed by atoms with Crippen LogP contribution in [0.3, 0.4) is 0 Å². The van der Waals surface area contributed by atoms with Gasteiger partial charge in [-0.05, 0) is 11.5 Å². The third-order valence-electron chi connectivity index (χ3n) is 2.35. The van der Waals surface area contributed by atoms with Gasteiger partial charge in [-0.25, -0.2) is 0 Å². The van der Waals surface area contributed by atoms with Crippen LogP contribution in [0.25, 0.3) is 10.8 Å². The first-order valence-electron chi connectivity index (χ1n) is 4.57. The van der Waals surface area contributed by atoms with Crippen molar-refractivity contribution in [3.63, 3.8) is 0 Å². The summed E-state index contributed by atoms with van der Waals surface area (Å²) in [6.45, 7) is 0. The second-order valence-corrected chi connectivity index (χ2v) is 4.94. The van der Waals surface area contributed by atoms with Gasteiger partial charge in [-0.1, -0.05) is 30.3 Å². The highest BCUT2D eigenvalue weighted by Gasteiger charge is 2.19. The van der Waals surface area contributed by atoms with Crippen LogP contribution < -0.4 is 0 Å². The van der Waals surface area contributed by atoms with E-state index < -0.39 is 10.1 Å². The molecule has 2 rings (SSSR count). The number of fused-ring (bicyclic) bond motifs is 1. The number of phenols is 1. The smallest absolute Gasteiger partial charge is 0.300 e. The second-order valence-electron chi connectivity index (χ2n) is 3.25. The normalized spacial score (nSPS) is 11.8. The molecule has 5 heteroatoms. The molecule has 0 atom stereocenters. The van der Waals surface area contributed by atoms with Gasteiger partial charge in [-0.2, -0.15) is 8.42 Å². The maximum atomic E-state index is 11.5. The Morgan fingerprint density at radius 1 is 1.12 bits per heavy atom. The molecule has 0 aliphatic carbocycles. The van der Waals surface area contributed by atoms with E-state index in [4.69, 9.17) is 0 Å². The molecule has 0 unspecified atom stereocenters. The average molecular weight is 238 g/mol. The number of hydrogen-bond donors (Lipinski definition) is 1. The van der Waals surface area contributed by atoms with E-state index in [0.29, 0.717) is 5.39 Å². The summed E-state index contributed by atoms with van der Waals surface area (Å²) < 4.78 is 27.3. The molecule has 1 N–H and O–H groups in total. The van der Waals surface area contributed by atoms with Crippen LogP contribution in [0.1, 0.15) is 0 Å². The van der Waals surface area contributed by atoms with Crippen LogP contribution in [0.2, 0.25) is 0 Å². The zero-order valence-corrected chi connectivity index (χ0v) is 9.36. The Hall–Kier alpha value is -1.59. The van der Waals surface area contributed by atoms with E-state index in [1.54, 1.807) is 24.3 Å². The van der Waals surface area contributed by atoms with E-state index in [0.717, 1.165) is 12.5 Å². The first kappa shape index (κ1) is 10.9. The molecule has 0 saturated carbocycles. The molecule has 2 aromatic carbocycles. The summed E-state index contributed by atoms with van der Waals surface area (Å²) in [5, 5.41) is 11.1. The minimum Gasteiger partial charge on any atom is -0.506 e. The SMILES string of the molecule is COS(=O)(=O)c1ccc2ccccc2c1O. The molecule has 4 nitrogen and oxygen atoms in total. The molecule has 0 fully saturated rings. The summed E-state index contributed by atoms with van der Waals surface area (Å²) in [5.41, 5.74) is 0. The van der Waals surface area contributed by atoms with Gasteiger partial charge in [0, 0.05) is 5.39 Å². The molecular weight excluding hydrogens is 228 g/mol. The zero-order valence-electron chi connectivity index (χ0n) is 8.54. The van der Waals surface area contributed by atoms with Crippen molar-refractivity contribution < 1.29 is 17.7 Å². The molecule has 0 radical (unpaired) electrons. The van der Waals surface area contributed by atoms with Gasteiger partial charge in [0.15, 0.2) is 0 Å². The lowest BCUT2D eigenvalue weighted by atomic mass is 10.1. The Morgan fingerprint density at radius 3 is 2.50 bits per heavy atom. The van der Waals surface area contributed by atoms with E-state index in [-0.39, 0.29) is 10.6 Å².